The number of hydrogen-bond donors (Lipinski definition) is 2. The Hall–Kier alpha value is -2.08. The van der Waals surface area contributed by atoms with Gasteiger partial charge in [-0.15, -0.1) is 0 Å². The van der Waals surface area contributed by atoms with E-state index in [1.54, 1.807) is 18.2 Å². The maximum absolute atomic E-state index is 11.8. The predicted octanol–water partition coefficient (Wildman–Crippen LogP) is 1.44. The Bertz CT molecular complexity index is 563. The zero-order chi connectivity index (χ0) is 17.2. The highest BCUT2D eigenvalue weighted by atomic mass is 35.5. The van der Waals surface area contributed by atoms with E-state index in [9.17, 15) is 19.5 Å². The molecule has 1 rings (SSSR count). The standard InChI is InChI=1S/C16H21ClN2O4/c1-2-3-6-11(16(22)23)9-10-14(20)18-19-15(21)12-7-4-5-8-13(12)17/h4-5,7-8,11H,2-3,6,9-10H2,1H3,(H,18,20)(H,19,21)(H,22,23)/p-1/t11-/m0/s1. The molecule has 6 nitrogen and oxygen atoms in total. The largest absolute Gasteiger partial charge is 0.550 e. The molecule has 0 spiro atoms. The van der Waals surface area contributed by atoms with Crippen LogP contribution < -0.4 is 16.0 Å². The van der Waals surface area contributed by atoms with Crippen LogP contribution in [0.5, 0.6) is 0 Å². The van der Waals surface area contributed by atoms with E-state index in [2.05, 4.69) is 10.9 Å². The molecule has 0 saturated heterocycles. The quantitative estimate of drug-likeness (QED) is 0.700. The summed E-state index contributed by atoms with van der Waals surface area (Å²) in [4.78, 5) is 34.5. The normalized spacial score (nSPS) is 11.6. The molecule has 0 saturated carbocycles. The average molecular weight is 340 g/mol. The van der Waals surface area contributed by atoms with Crippen molar-refractivity contribution in [3.8, 4) is 0 Å². The first kappa shape index (κ1) is 19.0. The van der Waals surface area contributed by atoms with Crippen molar-refractivity contribution in [1.82, 2.24) is 10.9 Å². The molecule has 0 aromatic heterocycles. The first-order valence-electron chi connectivity index (χ1n) is 7.50. The van der Waals surface area contributed by atoms with E-state index in [4.69, 9.17) is 11.6 Å². The van der Waals surface area contributed by atoms with E-state index in [0.29, 0.717) is 6.42 Å². The number of carbonyl (C=O) groups is 3. The second kappa shape index (κ2) is 9.84. The molecule has 0 radical (unpaired) electrons. The van der Waals surface area contributed by atoms with Crippen molar-refractivity contribution in [3.05, 3.63) is 34.9 Å². The number of carboxylic acid groups (broad SMARTS) is 1. The lowest BCUT2D eigenvalue weighted by Gasteiger charge is -2.17. The van der Waals surface area contributed by atoms with Crippen LogP contribution in [0.1, 0.15) is 49.4 Å². The first-order chi connectivity index (χ1) is 11.0. The topological polar surface area (TPSA) is 98.3 Å². The minimum absolute atomic E-state index is 0.00877. The second-order valence-corrected chi connectivity index (χ2v) is 5.59. The van der Waals surface area contributed by atoms with Gasteiger partial charge < -0.3 is 9.90 Å². The fourth-order valence-corrected chi connectivity index (χ4v) is 2.26. The summed E-state index contributed by atoms with van der Waals surface area (Å²) >= 11 is 5.87. The molecule has 1 aromatic carbocycles. The number of hydrazine groups is 1. The van der Waals surface area contributed by atoms with Gasteiger partial charge >= 0.3 is 0 Å². The lowest BCUT2D eigenvalue weighted by molar-refractivity contribution is -0.312. The number of aliphatic carboxylic acids is 1. The molecular weight excluding hydrogens is 320 g/mol. The zero-order valence-electron chi connectivity index (χ0n) is 12.9. The Kier molecular flexibility index (Phi) is 8.11. The fourth-order valence-electron chi connectivity index (χ4n) is 2.04. The molecule has 1 atom stereocenters. The van der Waals surface area contributed by atoms with Crippen molar-refractivity contribution in [2.45, 2.75) is 39.0 Å². The predicted molar refractivity (Wildman–Crippen MR) is 84.3 cm³/mol. The lowest BCUT2D eigenvalue weighted by atomic mass is 9.97. The van der Waals surface area contributed by atoms with Gasteiger partial charge in [0.1, 0.15) is 0 Å². The summed E-state index contributed by atoms with van der Waals surface area (Å²) in [6.45, 7) is 1.96. The third kappa shape index (κ3) is 6.69. The fraction of sp³-hybridized carbons (Fsp3) is 0.438. The average Bonchev–Trinajstić information content (AvgIpc) is 2.52. The van der Waals surface area contributed by atoms with Gasteiger partial charge in [0, 0.05) is 12.4 Å². The summed E-state index contributed by atoms with van der Waals surface area (Å²) in [5.41, 5.74) is 4.74. The maximum Gasteiger partial charge on any atom is 0.271 e. The third-order valence-electron chi connectivity index (χ3n) is 3.39. The molecule has 7 heteroatoms. The molecule has 0 heterocycles. The Morgan fingerprint density at radius 3 is 2.48 bits per heavy atom. The van der Waals surface area contributed by atoms with E-state index in [0.717, 1.165) is 12.8 Å². The number of amides is 2. The summed E-state index contributed by atoms with van der Waals surface area (Å²) in [6.07, 6.45) is 2.30. The van der Waals surface area contributed by atoms with Crippen LogP contribution in [0.15, 0.2) is 24.3 Å². The van der Waals surface area contributed by atoms with Crippen LogP contribution in [0.4, 0.5) is 0 Å². The number of carboxylic acids is 1. The number of rotatable bonds is 8. The van der Waals surface area contributed by atoms with E-state index in [-0.39, 0.29) is 23.4 Å². The Balaban J connectivity index is 2.40. The van der Waals surface area contributed by atoms with Gasteiger partial charge in [-0.25, -0.2) is 0 Å². The Morgan fingerprint density at radius 2 is 1.87 bits per heavy atom. The van der Waals surface area contributed by atoms with Gasteiger partial charge in [-0.05, 0) is 30.9 Å². The van der Waals surface area contributed by atoms with Gasteiger partial charge in [0.25, 0.3) is 5.91 Å². The third-order valence-corrected chi connectivity index (χ3v) is 3.72. The van der Waals surface area contributed by atoms with Crippen LogP contribution in [0.2, 0.25) is 5.02 Å². The molecule has 2 N–H and O–H groups in total. The Morgan fingerprint density at radius 1 is 1.17 bits per heavy atom. The molecular formula is C16H20ClN2O4-. The monoisotopic (exact) mass is 339 g/mol. The van der Waals surface area contributed by atoms with Gasteiger partial charge in [-0.1, -0.05) is 43.5 Å². The van der Waals surface area contributed by atoms with Crippen LogP contribution in [-0.4, -0.2) is 17.8 Å². The van der Waals surface area contributed by atoms with E-state index >= 15 is 0 Å². The molecule has 2 amide bonds. The highest BCUT2D eigenvalue weighted by Crippen LogP contribution is 2.15. The zero-order valence-corrected chi connectivity index (χ0v) is 13.7. The molecule has 0 aliphatic carbocycles. The highest BCUT2D eigenvalue weighted by Gasteiger charge is 2.14. The number of benzene rings is 1. The van der Waals surface area contributed by atoms with Crippen molar-refractivity contribution in [2.75, 3.05) is 0 Å². The van der Waals surface area contributed by atoms with Gasteiger partial charge in [0.05, 0.1) is 10.6 Å². The number of nitrogens with one attached hydrogen (secondary N) is 2. The van der Waals surface area contributed by atoms with Crippen molar-refractivity contribution in [3.63, 3.8) is 0 Å². The minimum Gasteiger partial charge on any atom is -0.550 e. The Labute approximate surface area is 140 Å². The summed E-state index contributed by atoms with van der Waals surface area (Å²) in [5.74, 6) is -2.80. The summed E-state index contributed by atoms with van der Waals surface area (Å²) < 4.78 is 0. The maximum atomic E-state index is 11.8. The van der Waals surface area contributed by atoms with Gasteiger partial charge in [0.15, 0.2) is 0 Å². The number of unbranched alkanes of at least 4 members (excludes halogenated alkanes) is 1. The van der Waals surface area contributed by atoms with Crippen LogP contribution >= 0.6 is 11.6 Å². The SMILES string of the molecule is CCCC[C@@H](CCC(=O)NNC(=O)c1ccccc1Cl)C(=O)[O-]. The molecule has 0 aliphatic heterocycles. The van der Waals surface area contributed by atoms with E-state index in [1.807, 2.05) is 6.92 Å². The molecule has 0 bridgehead atoms. The molecule has 0 aliphatic rings. The molecule has 0 fully saturated rings. The van der Waals surface area contributed by atoms with Crippen molar-refractivity contribution >= 4 is 29.4 Å². The van der Waals surface area contributed by atoms with Crippen molar-refractivity contribution in [1.29, 1.82) is 0 Å². The first-order valence-corrected chi connectivity index (χ1v) is 7.88. The minimum atomic E-state index is -1.15. The van der Waals surface area contributed by atoms with Crippen molar-refractivity contribution < 1.29 is 19.5 Å². The van der Waals surface area contributed by atoms with Gasteiger partial charge in [-0.2, -0.15) is 0 Å². The number of halogens is 1. The van der Waals surface area contributed by atoms with Crippen LogP contribution in [-0.2, 0) is 9.59 Å². The summed E-state index contributed by atoms with van der Waals surface area (Å²) in [5, 5.41) is 11.3. The van der Waals surface area contributed by atoms with E-state index in [1.165, 1.54) is 6.07 Å². The van der Waals surface area contributed by atoms with E-state index < -0.39 is 23.7 Å². The summed E-state index contributed by atoms with van der Waals surface area (Å²) in [7, 11) is 0. The molecule has 1 aromatic rings. The number of hydrogen-bond acceptors (Lipinski definition) is 4. The highest BCUT2D eigenvalue weighted by molar-refractivity contribution is 6.33. The number of carbonyl (C=O) groups excluding carboxylic acids is 3. The smallest absolute Gasteiger partial charge is 0.271 e. The second-order valence-electron chi connectivity index (χ2n) is 5.18. The van der Waals surface area contributed by atoms with Gasteiger partial charge in [0.2, 0.25) is 5.91 Å². The van der Waals surface area contributed by atoms with Crippen LogP contribution in [0.3, 0.4) is 0 Å². The lowest BCUT2D eigenvalue weighted by Crippen LogP contribution is -2.42. The van der Waals surface area contributed by atoms with Crippen LogP contribution in [0, 0.1) is 5.92 Å². The summed E-state index contributed by atoms with van der Waals surface area (Å²) in [6, 6.07) is 6.44. The molecule has 23 heavy (non-hydrogen) atoms. The van der Waals surface area contributed by atoms with Crippen LogP contribution in [0.25, 0.3) is 0 Å². The molecule has 0 unspecified atom stereocenters. The molecule has 126 valence electrons. The van der Waals surface area contributed by atoms with Gasteiger partial charge in [-0.3, -0.25) is 20.4 Å². The van der Waals surface area contributed by atoms with Crippen molar-refractivity contribution in [2.24, 2.45) is 5.92 Å².